The third-order valence-corrected chi connectivity index (χ3v) is 5.82. The number of sulfone groups is 1. The Bertz CT molecular complexity index is 855. The Morgan fingerprint density at radius 1 is 1.04 bits per heavy atom. The Morgan fingerprint density at radius 2 is 1.58 bits per heavy atom. The SMILES string of the molecule is Cc1ccc(S(=O)(=O)C(CC(=O)O)C(=O)c2ccc(Cl)cc2)cc1. The molecule has 2 rings (SSSR count). The number of carbonyl (C=O) groups excluding carboxylic acids is 1. The topological polar surface area (TPSA) is 88.5 Å². The summed E-state index contributed by atoms with van der Waals surface area (Å²) in [4.78, 5) is 23.6. The fourth-order valence-electron chi connectivity index (χ4n) is 2.19. The lowest BCUT2D eigenvalue weighted by Gasteiger charge is -2.15. The van der Waals surface area contributed by atoms with Gasteiger partial charge in [-0.3, -0.25) is 9.59 Å². The van der Waals surface area contributed by atoms with Crippen LogP contribution in [0.3, 0.4) is 0 Å². The van der Waals surface area contributed by atoms with E-state index in [2.05, 4.69) is 0 Å². The minimum Gasteiger partial charge on any atom is -0.481 e. The van der Waals surface area contributed by atoms with Crippen molar-refractivity contribution in [2.24, 2.45) is 0 Å². The van der Waals surface area contributed by atoms with Gasteiger partial charge < -0.3 is 5.11 Å². The number of ketones is 1. The van der Waals surface area contributed by atoms with Gasteiger partial charge in [0.1, 0.15) is 5.25 Å². The van der Waals surface area contributed by atoms with Gasteiger partial charge in [-0.2, -0.15) is 0 Å². The summed E-state index contributed by atoms with van der Waals surface area (Å²) in [5, 5.41) is 7.74. The van der Waals surface area contributed by atoms with E-state index in [0.29, 0.717) is 5.02 Å². The molecule has 0 saturated carbocycles. The van der Waals surface area contributed by atoms with Crippen molar-refractivity contribution >= 4 is 33.2 Å². The Kier molecular flexibility index (Phi) is 5.41. The fraction of sp³-hybridized carbons (Fsp3) is 0.176. The molecule has 0 bridgehead atoms. The van der Waals surface area contributed by atoms with Gasteiger partial charge in [0.2, 0.25) is 0 Å². The second-order valence-corrected chi connectivity index (χ2v) is 7.88. The van der Waals surface area contributed by atoms with E-state index >= 15 is 0 Å². The number of hydrogen-bond acceptors (Lipinski definition) is 4. The van der Waals surface area contributed by atoms with Crippen molar-refractivity contribution in [1.82, 2.24) is 0 Å². The summed E-state index contributed by atoms with van der Waals surface area (Å²) in [6, 6.07) is 11.6. The molecule has 0 radical (unpaired) electrons. The molecule has 0 amide bonds. The van der Waals surface area contributed by atoms with E-state index in [1.807, 2.05) is 0 Å². The lowest BCUT2D eigenvalue weighted by Crippen LogP contribution is -2.33. The highest BCUT2D eigenvalue weighted by molar-refractivity contribution is 7.92. The number of carbonyl (C=O) groups is 2. The highest BCUT2D eigenvalue weighted by Crippen LogP contribution is 2.23. The van der Waals surface area contributed by atoms with Crippen LogP contribution in [0.25, 0.3) is 0 Å². The summed E-state index contributed by atoms with van der Waals surface area (Å²) >= 11 is 5.76. The van der Waals surface area contributed by atoms with Crippen molar-refractivity contribution in [2.45, 2.75) is 23.5 Å². The van der Waals surface area contributed by atoms with Crippen molar-refractivity contribution in [2.75, 3.05) is 0 Å². The zero-order valence-electron chi connectivity index (χ0n) is 12.8. The van der Waals surface area contributed by atoms with Crippen LogP contribution in [-0.2, 0) is 14.6 Å². The average molecular weight is 367 g/mol. The largest absolute Gasteiger partial charge is 0.481 e. The number of carboxylic acid groups (broad SMARTS) is 1. The van der Waals surface area contributed by atoms with Gasteiger partial charge in [-0.1, -0.05) is 29.3 Å². The molecule has 0 aliphatic rings. The summed E-state index contributed by atoms with van der Waals surface area (Å²) in [6.07, 6.45) is -0.808. The maximum Gasteiger partial charge on any atom is 0.305 e. The molecule has 0 spiro atoms. The monoisotopic (exact) mass is 366 g/mol. The van der Waals surface area contributed by atoms with Gasteiger partial charge in [0.15, 0.2) is 15.6 Å². The zero-order chi connectivity index (χ0) is 17.9. The molecule has 1 atom stereocenters. The molecule has 2 aromatic carbocycles. The van der Waals surface area contributed by atoms with E-state index in [0.717, 1.165) is 5.56 Å². The molecular formula is C17H15ClO5S. The predicted molar refractivity (Wildman–Crippen MR) is 90.2 cm³/mol. The Morgan fingerprint density at radius 3 is 2.08 bits per heavy atom. The molecule has 0 aliphatic carbocycles. The Hall–Kier alpha value is -2.18. The maximum atomic E-state index is 12.8. The molecule has 0 fully saturated rings. The van der Waals surface area contributed by atoms with E-state index in [9.17, 15) is 18.0 Å². The predicted octanol–water partition coefficient (Wildman–Crippen LogP) is 3.15. The number of halogens is 1. The van der Waals surface area contributed by atoms with Crippen LogP contribution in [0.4, 0.5) is 0 Å². The number of aliphatic carboxylic acids is 1. The fourth-order valence-corrected chi connectivity index (χ4v) is 3.94. The number of benzene rings is 2. The molecule has 126 valence electrons. The van der Waals surface area contributed by atoms with Crippen LogP contribution in [0.15, 0.2) is 53.4 Å². The molecule has 0 heterocycles. The van der Waals surface area contributed by atoms with Crippen molar-refractivity contribution in [3.05, 3.63) is 64.7 Å². The van der Waals surface area contributed by atoms with E-state index in [1.165, 1.54) is 36.4 Å². The molecule has 2 aromatic rings. The van der Waals surface area contributed by atoms with Gasteiger partial charge in [-0.15, -0.1) is 0 Å². The summed E-state index contributed by atoms with van der Waals surface area (Å²) in [5.41, 5.74) is 0.953. The number of aryl methyl sites for hydroxylation is 1. The second kappa shape index (κ2) is 7.15. The van der Waals surface area contributed by atoms with Crippen LogP contribution in [-0.4, -0.2) is 30.5 Å². The molecule has 0 aliphatic heterocycles. The summed E-state index contributed by atoms with van der Waals surface area (Å²) in [6.45, 7) is 1.80. The number of rotatable bonds is 6. The summed E-state index contributed by atoms with van der Waals surface area (Å²) in [7, 11) is -4.13. The highest BCUT2D eigenvalue weighted by Gasteiger charge is 2.36. The van der Waals surface area contributed by atoms with Gasteiger partial charge in [-0.25, -0.2) is 8.42 Å². The van der Waals surface area contributed by atoms with Gasteiger partial charge in [0, 0.05) is 10.6 Å². The second-order valence-electron chi connectivity index (χ2n) is 5.32. The van der Waals surface area contributed by atoms with Crippen LogP contribution in [0.2, 0.25) is 5.02 Å². The van der Waals surface area contributed by atoms with Crippen molar-refractivity contribution < 1.29 is 23.1 Å². The standard InChI is InChI=1S/C17H15ClO5S/c1-11-2-8-14(9-3-11)24(22,23)15(10-16(19)20)17(21)12-4-6-13(18)7-5-12/h2-9,15H,10H2,1H3,(H,19,20). The first kappa shape index (κ1) is 18.2. The molecule has 0 aromatic heterocycles. The van der Waals surface area contributed by atoms with Gasteiger partial charge in [0.05, 0.1) is 11.3 Å². The van der Waals surface area contributed by atoms with Crippen LogP contribution in [0.5, 0.6) is 0 Å². The summed E-state index contributed by atoms with van der Waals surface area (Å²) < 4.78 is 25.5. The van der Waals surface area contributed by atoms with Crippen LogP contribution in [0, 0.1) is 6.92 Å². The average Bonchev–Trinajstić information content (AvgIpc) is 2.53. The molecule has 1 N–H and O–H groups in total. The molecule has 5 nitrogen and oxygen atoms in total. The summed E-state index contributed by atoms with van der Waals surface area (Å²) in [5.74, 6) is -2.13. The molecular weight excluding hydrogens is 352 g/mol. The highest BCUT2D eigenvalue weighted by atomic mass is 35.5. The van der Waals surface area contributed by atoms with Crippen LogP contribution < -0.4 is 0 Å². The van der Waals surface area contributed by atoms with Crippen LogP contribution >= 0.6 is 11.6 Å². The van der Waals surface area contributed by atoms with E-state index < -0.39 is 33.3 Å². The van der Waals surface area contributed by atoms with Crippen molar-refractivity contribution in [3.8, 4) is 0 Å². The smallest absolute Gasteiger partial charge is 0.305 e. The van der Waals surface area contributed by atoms with Gasteiger partial charge in [-0.05, 0) is 43.3 Å². The minimum atomic E-state index is -4.13. The van der Waals surface area contributed by atoms with Crippen molar-refractivity contribution in [3.63, 3.8) is 0 Å². The molecule has 1 unspecified atom stereocenters. The van der Waals surface area contributed by atoms with E-state index in [4.69, 9.17) is 16.7 Å². The lowest BCUT2D eigenvalue weighted by molar-refractivity contribution is -0.136. The van der Waals surface area contributed by atoms with E-state index in [-0.39, 0.29) is 10.5 Å². The van der Waals surface area contributed by atoms with E-state index in [1.54, 1.807) is 19.1 Å². The lowest BCUT2D eigenvalue weighted by atomic mass is 10.1. The first-order chi connectivity index (χ1) is 11.2. The van der Waals surface area contributed by atoms with Crippen LogP contribution in [0.1, 0.15) is 22.3 Å². The number of carboxylic acids is 1. The molecule has 0 saturated heterocycles. The normalized spacial score (nSPS) is 12.6. The number of Topliss-reactive ketones (excluding diaryl/α,β-unsaturated/α-hetero) is 1. The van der Waals surface area contributed by atoms with Gasteiger partial charge >= 0.3 is 5.97 Å². The van der Waals surface area contributed by atoms with Gasteiger partial charge in [0.25, 0.3) is 0 Å². The third kappa shape index (κ3) is 4.01. The minimum absolute atomic E-state index is 0.0818. The first-order valence-electron chi connectivity index (χ1n) is 7.04. The number of hydrogen-bond donors (Lipinski definition) is 1. The van der Waals surface area contributed by atoms with Crippen molar-refractivity contribution in [1.29, 1.82) is 0 Å². The molecule has 7 heteroatoms. The maximum absolute atomic E-state index is 12.8. The quantitative estimate of drug-likeness (QED) is 0.793. The Labute approximate surface area is 144 Å². The first-order valence-corrected chi connectivity index (χ1v) is 8.96. The molecule has 24 heavy (non-hydrogen) atoms. The zero-order valence-corrected chi connectivity index (χ0v) is 14.3. The Balaban J connectivity index is 2.47. The third-order valence-electron chi connectivity index (χ3n) is 3.51.